The minimum absolute atomic E-state index is 0.0383. The van der Waals surface area contributed by atoms with Gasteiger partial charge in [-0.2, -0.15) is 0 Å². The Labute approximate surface area is 135 Å². The molecule has 1 aromatic rings. The number of hydrogen-bond acceptors (Lipinski definition) is 2. The first kappa shape index (κ1) is 17.7. The smallest absolute Gasteiger partial charge is 0.319 e. The second-order valence-electron chi connectivity index (χ2n) is 4.79. The van der Waals surface area contributed by atoms with Crippen LogP contribution in [0.1, 0.15) is 20.3 Å². The predicted molar refractivity (Wildman–Crippen MR) is 82.1 cm³/mol. The van der Waals surface area contributed by atoms with E-state index in [-0.39, 0.29) is 23.0 Å². The Balaban J connectivity index is 2.79. The summed E-state index contributed by atoms with van der Waals surface area (Å²) in [5.74, 6) is -1.60. The van der Waals surface area contributed by atoms with E-state index < -0.39 is 23.9 Å². The molecule has 0 fully saturated rings. The summed E-state index contributed by atoms with van der Waals surface area (Å²) in [5, 5.41) is 13.9. The number of nitrogens with one attached hydrogen (secondary N) is 2. The van der Waals surface area contributed by atoms with E-state index >= 15 is 0 Å². The van der Waals surface area contributed by atoms with Crippen LogP contribution in [-0.4, -0.2) is 23.1 Å². The number of carbonyl (C=O) groups is 2. The summed E-state index contributed by atoms with van der Waals surface area (Å²) in [6.45, 7) is 3.60. The lowest BCUT2D eigenvalue weighted by atomic mass is 10.0. The topological polar surface area (TPSA) is 78.4 Å². The summed E-state index contributed by atoms with van der Waals surface area (Å²) in [5.41, 5.74) is 0.216. The second-order valence-corrected chi connectivity index (χ2v) is 6.05. The van der Waals surface area contributed by atoms with Crippen LogP contribution in [0.4, 0.5) is 14.9 Å². The highest BCUT2D eigenvalue weighted by Gasteiger charge is 2.20. The van der Waals surface area contributed by atoms with E-state index in [1.807, 2.05) is 0 Å². The van der Waals surface area contributed by atoms with Crippen LogP contribution in [0.2, 0.25) is 5.02 Å². The monoisotopic (exact) mass is 380 g/mol. The summed E-state index contributed by atoms with van der Waals surface area (Å²) in [7, 11) is 0. The fourth-order valence-corrected chi connectivity index (χ4v) is 2.52. The minimum Gasteiger partial charge on any atom is -0.481 e. The molecule has 21 heavy (non-hydrogen) atoms. The molecule has 0 aliphatic rings. The largest absolute Gasteiger partial charge is 0.481 e. The number of hydrogen-bond donors (Lipinski definition) is 3. The average molecular weight is 382 g/mol. The van der Waals surface area contributed by atoms with Crippen LogP contribution in [0.15, 0.2) is 16.6 Å². The Morgan fingerprint density at radius 2 is 2.05 bits per heavy atom. The third-order valence-electron chi connectivity index (χ3n) is 2.76. The molecule has 8 heteroatoms. The van der Waals surface area contributed by atoms with Crippen molar-refractivity contribution in [3.05, 3.63) is 27.4 Å². The van der Waals surface area contributed by atoms with E-state index in [1.54, 1.807) is 13.8 Å². The summed E-state index contributed by atoms with van der Waals surface area (Å²) >= 11 is 8.96. The lowest BCUT2D eigenvalue weighted by Gasteiger charge is -2.21. The summed E-state index contributed by atoms with van der Waals surface area (Å²) < 4.78 is 13.4. The Morgan fingerprint density at radius 1 is 1.43 bits per heavy atom. The third-order valence-corrected chi connectivity index (χ3v) is 3.68. The summed E-state index contributed by atoms with van der Waals surface area (Å²) in [6.07, 6.45) is -0.191. The van der Waals surface area contributed by atoms with Gasteiger partial charge in [0.1, 0.15) is 5.82 Å². The van der Waals surface area contributed by atoms with Gasteiger partial charge in [0.25, 0.3) is 0 Å². The normalized spacial score (nSPS) is 12.1. The number of rotatable bonds is 5. The fourth-order valence-electron chi connectivity index (χ4n) is 1.62. The Hall–Kier alpha value is -1.34. The van der Waals surface area contributed by atoms with Crippen LogP contribution in [-0.2, 0) is 4.79 Å². The second kappa shape index (κ2) is 7.61. The fraction of sp³-hybridized carbons (Fsp3) is 0.385. The zero-order valence-corrected chi connectivity index (χ0v) is 13.8. The lowest BCUT2D eigenvalue weighted by molar-refractivity contribution is -0.137. The number of carbonyl (C=O) groups excluding carboxylic acids is 1. The van der Waals surface area contributed by atoms with Gasteiger partial charge in [0, 0.05) is 10.5 Å². The zero-order chi connectivity index (χ0) is 16.2. The maximum atomic E-state index is 13.1. The van der Waals surface area contributed by atoms with Crippen molar-refractivity contribution in [3.63, 3.8) is 0 Å². The van der Waals surface area contributed by atoms with E-state index in [1.165, 1.54) is 6.07 Å². The van der Waals surface area contributed by atoms with Crippen molar-refractivity contribution in [2.75, 3.05) is 5.32 Å². The average Bonchev–Trinajstić information content (AvgIpc) is 2.32. The van der Waals surface area contributed by atoms with Crippen LogP contribution in [0.25, 0.3) is 0 Å². The van der Waals surface area contributed by atoms with Gasteiger partial charge < -0.3 is 15.7 Å². The summed E-state index contributed by atoms with van der Waals surface area (Å²) in [6, 6.07) is 1.10. The molecule has 0 heterocycles. The van der Waals surface area contributed by atoms with E-state index in [0.717, 1.165) is 6.07 Å². The van der Waals surface area contributed by atoms with Gasteiger partial charge in [0.15, 0.2) is 0 Å². The molecule has 1 rings (SSSR count). The molecule has 3 N–H and O–H groups in total. The lowest BCUT2D eigenvalue weighted by Crippen LogP contribution is -2.42. The van der Waals surface area contributed by atoms with E-state index in [9.17, 15) is 14.0 Å². The number of urea groups is 1. The molecule has 1 atom stereocenters. The third kappa shape index (κ3) is 5.51. The number of carboxylic acids is 1. The molecule has 116 valence electrons. The predicted octanol–water partition coefficient (Wildman–Crippen LogP) is 3.86. The van der Waals surface area contributed by atoms with Crippen LogP contribution < -0.4 is 10.6 Å². The van der Waals surface area contributed by atoms with Crippen molar-refractivity contribution in [1.29, 1.82) is 0 Å². The Morgan fingerprint density at radius 3 is 2.52 bits per heavy atom. The van der Waals surface area contributed by atoms with E-state index in [0.29, 0.717) is 4.47 Å². The molecule has 0 saturated carbocycles. The van der Waals surface area contributed by atoms with Crippen molar-refractivity contribution in [1.82, 2.24) is 5.32 Å². The van der Waals surface area contributed by atoms with E-state index in [2.05, 4.69) is 26.6 Å². The van der Waals surface area contributed by atoms with Crippen molar-refractivity contribution in [2.45, 2.75) is 26.3 Å². The Kier molecular flexibility index (Phi) is 6.42. The number of aliphatic carboxylic acids is 1. The molecule has 0 aromatic heterocycles. The quantitative estimate of drug-likeness (QED) is 0.724. The molecular formula is C13H15BrClFN2O3. The van der Waals surface area contributed by atoms with Gasteiger partial charge in [-0.3, -0.25) is 4.79 Å². The van der Waals surface area contributed by atoms with Crippen molar-refractivity contribution < 1.29 is 19.1 Å². The van der Waals surface area contributed by atoms with Crippen LogP contribution >= 0.6 is 27.5 Å². The number of halogens is 3. The molecule has 0 saturated heterocycles. The van der Waals surface area contributed by atoms with Crippen molar-refractivity contribution in [3.8, 4) is 0 Å². The van der Waals surface area contributed by atoms with Crippen molar-refractivity contribution in [2.24, 2.45) is 5.92 Å². The van der Waals surface area contributed by atoms with Gasteiger partial charge in [-0.15, -0.1) is 0 Å². The van der Waals surface area contributed by atoms with Gasteiger partial charge in [0.05, 0.1) is 17.1 Å². The van der Waals surface area contributed by atoms with Crippen LogP contribution in [0.3, 0.4) is 0 Å². The van der Waals surface area contributed by atoms with Crippen LogP contribution in [0.5, 0.6) is 0 Å². The first-order valence-electron chi connectivity index (χ1n) is 6.14. The standard InChI is InChI=1S/C13H15BrClFN2O3/c1-6(2)10(5-11(19)20)17-13(21)18-12-8(14)3-7(16)4-9(12)15/h3-4,6,10H,5H2,1-2H3,(H,19,20)(H2,17,18,21). The van der Waals surface area contributed by atoms with Gasteiger partial charge in [-0.1, -0.05) is 25.4 Å². The van der Waals surface area contributed by atoms with E-state index in [4.69, 9.17) is 16.7 Å². The molecule has 5 nitrogen and oxygen atoms in total. The summed E-state index contributed by atoms with van der Waals surface area (Å²) in [4.78, 5) is 22.7. The molecule has 0 aliphatic carbocycles. The van der Waals surface area contributed by atoms with Crippen molar-refractivity contribution >= 4 is 45.2 Å². The number of benzene rings is 1. The molecule has 0 bridgehead atoms. The highest BCUT2D eigenvalue weighted by atomic mass is 79.9. The highest BCUT2D eigenvalue weighted by molar-refractivity contribution is 9.10. The Bertz CT molecular complexity index is 531. The maximum Gasteiger partial charge on any atom is 0.319 e. The number of carboxylic acid groups (broad SMARTS) is 1. The minimum atomic E-state index is -1.00. The zero-order valence-electron chi connectivity index (χ0n) is 11.4. The van der Waals surface area contributed by atoms with Gasteiger partial charge in [0.2, 0.25) is 0 Å². The molecule has 1 unspecified atom stereocenters. The molecule has 1 aromatic carbocycles. The molecule has 2 amide bonds. The first-order chi connectivity index (χ1) is 9.70. The highest BCUT2D eigenvalue weighted by Crippen LogP contribution is 2.31. The maximum absolute atomic E-state index is 13.1. The van der Waals surface area contributed by atoms with Gasteiger partial charge in [-0.05, 0) is 34.0 Å². The molecular weight excluding hydrogens is 367 g/mol. The number of anilines is 1. The number of amides is 2. The van der Waals surface area contributed by atoms with Crippen LogP contribution in [0, 0.1) is 11.7 Å². The molecule has 0 spiro atoms. The van der Waals surface area contributed by atoms with Gasteiger partial charge in [-0.25, -0.2) is 9.18 Å². The van der Waals surface area contributed by atoms with Gasteiger partial charge >= 0.3 is 12.0 Å². The SMILES string of the molecule is CC(C)C(CC(=O)O)NC(=O)Nc1c(Cl)cc(F)cc1Br. The molecule has 0 aliphatic heterocycles. The molecule has 0 radical (unpaired) electrons. The first-order valence-corrected chi connectivity index (χ1v) is 7.31.